The Balaban J connectivity index is 0.00000676. The molecule has 0 aliphatic heterocycles. The monoisotopic (exact) mass is 510 g/mol. The SMILES string of the molecule is CN=C(NCCCN(C)CC(F)(F)F)NCc1ccccc1OC(F)F.I. The molecule has 1 aromatic carbocycles. The standard InChI is InChI=1S/C16H23F5N4O.HI/c1-22-15(23-8-5-9-25(2)11-16(19,20)21)24-10-12-6-3-4-7-13(12)26-14(17)18;/h3-4,6-7,14H,5,8-11H2,1-2H3,(H2,22,23,24);1H. The lowest BCUT2D eigenvalue weighted by molar-refractivity contribution is -0.143. The molecule has 27 heavy (non-hydrogen) atoms. The molecule has 0 bridgehead atoms. The molecule has 156 valence electrons. The van der Waals surface area contributed by atoms with Gasteiger partial charge in [-0.3, -0.25) is 9.89 Å². The maximum absolute atomic E-state index is 12.4. The highest BCUT2D eigenvalue weighted by Gasteiger charge is 2.28. The maximum atomic E-state index is 12.4. The van der Waals surface area contributed by atoms with Crippen LogP contribution in [0.2, 0.25) is 0 Å². The van der Waals surface area contributed by atoms with Crippen LogP contribution < -0.4 is 15.4 Å². The molecular weight excluding hydrogens is 486 g/mol. The highest BCUT2D eigenvalue weighted by atomic mass is 127. The van der Waals surface area contributed by atoms with Gasteiger partial charge in [0.1, 0.15) is 5.75 Å². The van der Waals surface area contributed by atoms with Crippen molar-refractivity contribution in [2.75, 3.05) is 33.7 Å². The van der Waals surface area contributed by atoms with Crippen LogP contribution in [0.1, 0.15) is 12.0 Å². The van der Waals surface area contributed by atoms with E-state index in [1.807, 2.05) is 0 Å². The number of halogens is 6. The third-order valence-electron chi connectivity index (χ3n) is 3.32. The lowest BCUT2D eigenvalue weighted by atomic mass is 10.2. The first kappa shape index (κ1) is 25.6. The Bertz CT molecular complexity index is 572. The van der Waals surface area contributed by atoms with Crippen LogP contribution in [0, 0.1) is 0 Å². The topological polar surface area (TPSA) is 48.9 Å². The van der Waals surface area contributed by atoms with Crippen LogP contribution in [0.3, 0.4) is 0 Å². The summed E-state index contributed by atoms with van der Waals surface area (Å²) in [6.45, 7) is -2.98. The summed E-state index contributed by atoms with van der Waals surface area (Å²) < 4.78 is 65.9. The molecule has 0 amide bonds. The summed E-state index contributed by atoms with van der Waals surface area (Å²) in [4.78, 5) is 5.17. The van der Waals surface area contributed by atoms with Crippen LogP contribution in [-0.4, -0.2) is 57.4 Å². The highest BCUT2D eigenvalue weighted by molar-refractivity contribution is 14.0. The smallest absolute Gasteiger partial charge is 0.401 e. The van der Waals surface area contributed by atoms with Gasteiger partial charge in [-0.2, -0.15) is 22.0 Å². The molecule has 0 spiro atoms. The molecule has 0 aromatic heterocycles. The van der Waals surface area contributed by atoms with Gasteiger partial charge < -0.3 is 15.4 Å². The Hall–Kier alpha value is -1.37. The van der Waals surface area contributed by atoms with Crippen molar-refractivity contribution in [3.05, 3.63) is 29.8 Å². The van der Waals surface area contributed by atoms with E-state index in [4.69, 9.17) is 0 Å². The second-order valence-corrected chi connectivity index (χ2v) is 5.55. The molecule has 0 fully saturated rings. The van der Waals surface area contributed by atoms with Crippen LogP contribution in [0.15, 0.2) is 29.3 Å². The molecule has 0 radical (unpaired) electrons. The van der Waals surface area contributed by atoms with Crippen molar-refractivity contribution < 1.29 is 26.7 Å². The van der Waals surface area contributed by atoms with Gasteiger partial charge in [-0.1, -0.05) is 18.2 Å². The Kier molecular flexibility index (Phi) is 12.3. The van der Waals surface area contributed by atoms with E-state index >= 15 is 0 Å². The zero-order chi connectivity index (χ0) is 19.6. The molecule has 0 aliphatic rings. The van der Waals surface area contributed by atoms with Gasteiger partial charge in [0.25, 0.3) is 0 Å². The molecule has 1 rings (SSSR count). The van der Waals surface area contributed by atoms with Crippen molar-refractivity contribution in [1.82, 2.24) is 15.5 Å². The average Bonchev–Trinajstić information content (AvgIpc) is 2.53. The molecule has 0 saturated carbocycles. The van der Waals surface area contributed by atoms with Gasteiger partial charge in [-0.25, -0.2) is 0 Å². The summed E-state index contributed by atoms with van der Waals surface area (Å²) in [6, 6.07) is 6.37. The van der Waals surface area contributed by atoms with Crippen LogP contribution in [0.5, 0.6) is 5.75 Å². The number of alkyl halides is 5. The number of aliphatic imine (C=N–C) groups is 1. The largest absolute Gasteiger partial charge is 0.434 e. The van der Waals surface area contributed by atoms with Gasteiger partial charge in [0, 0.05) is 25.7 Å². The van der Waals surface area contributed by atoms with Crippen molar-refractivity contribution in [3.8, 4) is 5.75 Å². The highest BCUT2D eigenvalue weighted by Crippen LogP contribution is 2.19. The van der Waals surface area contributed by atoms with Crippen LogP contribution in [0.4, 0.5) is 22.0 Å². The second-order valence-electron chi connectivity index (χ2n) is 5.55. The fourth-order valence-electron chi connectivity index (χ4n) is 2.20. The third kappa shape index (κ3) is 11.8. The molecule has 0 atom stereocenters. The van der Waals surface area contributed by atoms with E-state index in [2.05, 4.69) is 20.4 Å². The number of hydrogen-bond acceptors (Lipinski definition) is 3. The van der Waals surface area contributed by atoms with E-state index in [9.17, 15) is 22.0 Å². The Morgan fingerprint density at radius 2 is 1.89 bits per heavy atom. The summed E-state index contributed by atoms with van der Waals surface area (Å²) in [7, 11) is 2.94. The minimum absolute atomic E-state index is 0. The molecule has 5 nitrogen and oxygen atoms in total. The second kappa shape index (κ2) is 12.9. The number of nitrogens with zero attached hydrogens (tertiary/aromatic N) is 2. The summed E-state index contributed by atoms with van der Waals surface area (Å²) in [5.41, 5.74) is 0.528. The van der Waals surface area contributed by atoms with E-state index in [1.54, 1.807) is 18.2 Å². The molecule has 0 aliphatic carbocycles. The predicted molar refractivity (Wildman–Crippen MR) is 105 cm³/mol. The minimum Gasteiger partial charge on any atom is -0.434 e. The third-order valence-corrected chi connectivity index (χ3v) is 3.32. The molecular formula is C16H24F5IN4O. The van der Waals surface area contributed by atoms with Crippen molar-refractivity contribution >= 4 is 29.9 Å². The number of guanidine groups is 1. The molecule has 11 heteroatoms. The number of benzene rings is 1. The van der Waals surface area contributed by atoms with Crippen molar-refractivity contribution in [1.29, 1.82) is 0 Å². The van der Waals surface area contributed by atoms with Gasteiger partial charge in [0.2, 0.25) is 0 Å². The summed E-state index contributed by atoms with van der Waals surface area (Å²) in [5.74, 6) is 0.481. The Morgan fingerprint density at radius 3 is 2.48 bits per heavy atom. The lowest BCUT2D eigenvalue weighted by Gasteiger charge is -2.19. The van der Waals surface area contributed by atoms with E-state index < -0.39 is 19.3 Å². The summed E-state index contributed by atoms with van der Waals surface area (Å²) >= 11 is 0. The van der Waals surface area contributed by atoms with Crippen molar-refractivity contribution in [2.24, 2.45) is 4.99 Å². The van der Waals surface area contributed by atoms with E-state index in [0.717, 1.165) is 0 Å². The molecule has 0 unspecified atom stereocenters. The van der Waals surface area contributed by atoms with Crippen molar-refractivity contribution in [2.45, 2.75) is 25.8 Å². The van der Waals surface area contributed by atoms with E-state index in [-0.39, 0.29) is 42.8 Å². The fourth-order valence-corrected chi connectivity index (χ4v) is 2.20. The van der Waals surface area contributed by atoms with Crippen LogP contribution in [0.25, 0.3) is 0 Å². The minimum atomic E-state index is -4.21. The normalized spacial score (nSPS) is 12.1. The number of nitrogens with one attached hydrogen (secondary N) is 2. The first-order valence-electron chi connectivity index (χ1n) is 7.94. The number of rotatable bonds is 9. The van der Waals surface area contributed by atoms with Gasteiger partial charge >= 0.3 is 12.8 Å². The summed E-state index contributed by atoms with van der Waals surface area (Å²) in [6.07, 6.45) is -3.73. The molecule has 1 aromatic rings. The average molecular weight is 510 g/mol. The van der Waals surface area contributed by atoms with Crippen LogP contribution in [-0.2, 0) is 6.54 Å². The fraction of sp³-hybridized carbons (Fsp3) is 0.562. The van der Waals surface area contributed by atoms with E-state index in [1.165, 1.54) is 25.1 Å². The molecule has 0 saturated heterocycles. The van der Waals surface area contributed by atoms with E-state index in [0.29, 0.717) is 24.5 Å². The Labute approximate surface area is 172 Å². The van der Waals surface area contributed by atoms with Gasteiger partial charge in [-0.05, 0) is 26.1 Å². The van der Waals surface area contributed by atoms with Crippen LogP contribution >= 0.6 is 24.0 Å². The Morgan fingerprint density at radius 1 is 1.22 bits per heavy atom. The molecule has 0 heterocycles. The predicted octanol–water partition coefficient (Wildman–Crippen LogP) is 3.46. The maximum Gasteiger partial charge on any atom is 0.401 e. The molecule has 2 N–H and O–H groups in total. The van der Waals surface area contributed by atoms with Crippen molar-refractivity contribution in [3.63, 3.8) is 0 Å². The quantitative estimate of drug-likeness (QED) is 0.176. The first-order chi connectivity index (χ1) is 12.2. The van der Waals surface area contributed by atoms with Gasteiger partial charge in [0.15, 0.2) is 5.96 Å². The van der Waals surface area contributed by atoms with Gasteiger partial charge in [0.05, 0.1) is 6.54 Å². The number of ether oxygens (including phenoxy) is 1. The lowest BCUT2D eigenvalue weighted by Crippen LogP contribution is -2.39. The zero-order valence-electron chi connectivity index (χ0n) is 15.0. The summed E-state index contributed by atoms with van der Waals surface area (Å²) in [5, 5.41) is 5.91. The first-order valence-corrected chi connectivity index (χ1v) is 7.94. The number of para-hydroxylation sites is 1. The number of hydrogen-bond donors (Lipinski definition) is 2. The van der Waals surface area contributed by atoms with Gasteiger partial charge in [-0.15, -0.1) is 24.0 Å². The zero-order valence-corrected chi connectivity index (χ0v) is 17.4.